The average Bonchev–Trinajstić information content (AvgIpc) is 3.19. The largest absolute Gasteiger partial charge is 0.496 e. The summed E-state index contributed by atoms with van der Waals surface area (Å²) in [6, 6.07) is 12.7. The minimum atomic E-state index is -0.262. The number of nitrogens with one attached hydrogen (secondary N) is 1. The van der Waals surface area contributed by atoms with Crippen molar-refractivity contribution >= 4 is 17.2 Å². The number of hydrogen-bond donors (Lipinski definition) is 1. The van der Waals surface area contributed by atoms with Crippen molar-refractivity contribution in [2.24, 2.45) is 0 Å². The van der Waals surface area contributed by atoms with Crippen molar-refractivity contribution in [3.05, 3.63) is 65.2 Å². The van der Waals surface area contributed by atoms with Crippen LogP contribution in [0.1, 0.15) is 15.9 Å². The number of amides is 1. The minimum Gasteiger partial charge on any atom is -0.496 e. The van der Waals surface area contributed by atoms with E-state index in [0.717, 1.165) is 5.56 Å². The molecule has 3 rings (SSSR count). The fraction of sp³-hybridized carbons (Fsp3) is 0.158. The third-order valence-corrected chi connectivity index (χ3v) is 4.29. The van der Waals surface area contributed by atoms with E-state index in [1.54, 1.807) is 24.4 Å². The molecule has 0 atom stereocenters. The molecule has 0 spiro atoms. The number of carbonyl (C=O) groups is 1. The fourth-order valence-electron chi connectivity index (χ4n) is 2.38. The van der Waals surface area contributed by atoms with Gasteiger partial charge in [0.2, 0.25) is 0 Å². The van der Waals surface area contributed by atoms with Gasteiger partial charge in [0.05, 0.1) is 14.2 Å². The third kappa shape index (κ3) is 4.12. The molecule has 2 aromatic carbocycles. The van der Waals surface area contributed by atoms with Crippen LogP contribution in [0.15, 0.2) is 54.0 Å². The Hall–Kier alpha value is -3.06. The lowest BCUT2D eigenvalue weighted by Gasteiger charge is -2.13. The molecule has 0 bridgehead atoms. The molecule has 1 aromatic heterocycles. The summed E-state index contributed by atoms with van der Waals surface area (Å²) in [6.07, 6.45) is 1.69. The summed E-state index contributed by atoms with van der Waals surface area (Å²) >= 11 is 1.43. The molecule has 0 radical (unpaired) electrons. The molecule has 0 fully saturated rings. The van der Waals surface area contributed by atoms with Gasteiger partial charge in [-0.3, -0.25) is 4.79 Å². The number of ether oxygens (including phenoxy) is 3. The molecule has 134 valence electrons. The van der Waals surface area contributed by atoms with Crippen LogP contribution in [0.3, 0.4) is 0 Å². The highest BCUT2D eigenvalue weighted by Crippen LogP contribution is 2.28. The predicted molar refractivity (Wildman–Crippen MR) is 99.3 cm³/mol. The van der Waals surface area contributed by atoms with Crippen molar-refractivity contribution in [2.75, 3.05) is 14.2 Å². The molecular weight excluding hydrogens is 352 g/mol. The van der Waals surface area contributed by atoms with E-state index in [1.807, 2.05) is 29.6 Å². The Balaban J connectivity index is 1.65. The smallest absolute Gasteiger partial charge is 0.278 e. The van der Waals surface area contributed by atoms with Gasteiger partial charge >= 0.3 is 0 Å². The van der Waals surface area contributed by atoms with Crippen LogP contribution >= 0.6 is 11.3 Å². The van der Waals surface area contributed by atoms with Crippen LogP contribution < -0.4 is 19.5 Å². The number of hydrogen-bond acceptors (Lipinski definition) is 6. The zero-order chi connectivity index (χ0) is 18.4. The lowest BCUT2D eigenvalue weighted by atomic mass is 10.1. The second-order valence-corrected chi connectivity index (χ2v) is 6.12. The molecular formula is C19H18N2O4S. The molecule has 0 unspecified atom stereocenters. The Bertz CT molecular complexity index is 842. The molecule has 0 aliphatic rings. The van der Waals surface area contributed by atoms with Gasteiger partial charge in [0, 0.05) is 18.1 Å². The number of benzene rings is 2. The first-order chi connectivity index (χ1) is 12.7. The molecule has 1 N–H and O–H groups in total. The van der Waals surface area contributed by atoms with Gasteiger partial charge in [-0.1, -0.05) is 29.5 Å². The topological polar surface area (TPSA) is 69.7 Å². The number of aromatic nitrogens is 1. The zero-order valence-corrected chi connectivity index (χ0v) is 15.2. The van der Waals surface area contributed by atoms with Crippen molar-refractivity contribution in [2.45, 2.75) is 6.54 Å². The highest BCUT2D eigenvalue weighted by Gasteiger charge is 2.17. The SMILES string of the molecule is COc1cccc(OC)c1C(=O)NCc1ccc(Oc2nccs2)cc1. The van der Waals surface area contributed by atoms with Crippen molar-refractivity contribution in [3.8, 4) is 22.4 Å². The van der Waals surface area contributed by atoms with E-state index >= 15 is 0 Å². The van der Waals surface area contributed by atoms with Gasteiger partial charge in [0.1, 0.15) is 22.8 Å². The van der Waals surface area contributed by atoms with Crippen LogP contribution in [-0.4, -0.2) is 25.1 Å². The van der Waals surface area contributed by atoms with Crippen molar-refractivity contribution in [1.29, 1.82) is 0 Å². The molecule has 26 heavy (non-hydrogen) atoms. The van der Waals surface area contributed by atoms with Crippen LogP contribution in [0.4, 0.5) is 0 Å². The second-order valence-electron chi connectivity index (χ2n) is 5.26. The molecule has 1 heterocycles. The summed E-state index contributed by atoms with van der Waals surface area (Å²) < 4.78 is 16.1. The fourth-order valence-corrected chi connectivity index (χ4v) is 2.89. The Labute approximate surface area is 155 Å². The van der Waals surface area contributed by atoms with E-state index < -0.39 is 0 Å². The molecule has 3 aromatic rings. The van der Waals surface area contributed by atoms with Gasteiger partial charge in [-0.25, -0.2) is 4.98 Å². The maximum Gasteiger partial charge on any atom is 0.278 e. The Morgan fingerprint density at radius 1 is 1.08 bits per heavy atom. The van der Waals surface area contributed by atoms with E-state index in [0.29, 0.717) is 34.6 Å². The predicted octanol–water partition coefficient (Wildman–Crippen LogP) is 3.88. The molecule has 0 aliphatic heterocycles. The first-order valence-electron chi connectivity index (χ1n) is 7.86. The Kier molecular flexibility index (Phi) is 5.70. The monoisotopic (exact) mass is 370 g/mol. The average molecular weight is 370 g/mol. The van der Waals surface area contributed by atoms with E-state index in [1.165, 1.54) is 25.6 Å². The van der Waals surface area contributed by atoms with E-state index in [9.17, 15) is 4.79 Å². The first kappa shape index (κ1) is 17.8. The van der Waals surface area contributed by atoms with Crippen LogP contribution in [0.25, 0.3) is 0 Å². The number of methoxy groups -OCH3 is 2. The van der Waals surface area contributed by atoms with E-state index in [4.69, 9.17) is 14.2 Å². The number of carbonyl (C=O) groups excluding carboxylic acids is 1. The summed E-state index contributed by atoms with van der Waals surface area (Å²) in [5.41, 5.74) is 1.32. The molecule has 0 aliphatic carbocycles. The standard InChI is InChI=1S/C19H18N2O4S/c1-23-15-4-3-5-16(24-2)17(15)18(22)21-12-13-6-8-14(9-7-13)25-19-20-10-11-26-19/h3-11H,12H2,1-2H3,(H,21,22). The summed E-state index contributed by atoms with van der Waals surface area (Å²) in [5.74, 6) is 1.37. The summed E-state index contributed by atoms with van der Waals surface area (Å²) in [4.78, 5) is 16.6. The highest BCUT2D eigenvalue weighted by atomic mass is 32.1. The number of rotatable bonds is 7. The normalized spacial score (nSPS) is 10.2. The number of thiazole rings is 1. The van der Waals surface area contributed by atoms with Gasteiger partial charge in [0.25, 0.3) is 11.1 Å². The van der Waals surface area contributed by atoms with Crippen molar-refractivity contribution in [3.63, 3.8) is 0 Å². The van der Waals surface area contributed by atoms with Crippen LogP contribution in [0.2, 0.25) is 0 Å². The van der Waals surface area contributed by atoms with Crippen LogP contribution in [-0.2, 0) is 6.54 Å². The molecule has 0 saturated carbocycles. The summed E-state index contributed by atoms with van der Waals surface area (Å²) in [6.45, 7) is 0.373. The maximum atomic E-state index is 12.6. The maximum absolute atomic E-state index is 12.6. The first-order valence-corrected chi connectivity index (χ1v) is 8.74. The lowest BCUT2D eigenvalue weighted by molar-refractivity contribution is 0.0944. The third-order valence-electron chi connectivity index (χ3n) is 3.65. The molecule has 0 saturated heterocycles. The number of nitrogens with zero attached hydrogens (tertiary/aromatic N) is 1. The minimum absolute atomic E-state index is 0.262. The highest BCUT2D eigenvalue weighted by molar-refractivity contribution is 7.11. The molecule has 1 amide bonds. The van der Waals surface area contributed by atoms with Gasteiger partial charge < -0.3 is 19.5 Å². The Morgan fingerprint density at radius 2 is 1.77 bits per heavy atom. The van der Waals surface area contributed by atoms with Gasteiger partial charge in [-0.15, -0.1) is 0 Å². The van der Waals surface area contributed by atoms with Gasteiger partial charge in [-0.05, 0) is 29.8 Å². The Morgan fingerprint density at radius 3 is 2.35 bits per heavy atom. The van der Waals surface area contributed by atoms with Crippen molar-refractivity contribution in [1.82, 2.24) is 10.3 Å². The lowest BCUT2D eigenvalue weighted by Crippen LogP contribution is -2.24. The van der Waals surface area contributed by atoms with Crippen molar-refractivity contribution < 1.29 is 19.0 Å². The quantitative estimate of drug-likeness (QED) is 0.683. The summed E-state index contributed by atoms with van der Waals surface area (Å²) in [7, 11) is 3.04. The van der Waals surface area contributed by atoms with Crippen LogP contribution in [0, 0.1) is 0 Å². The molecule has 6 nitrogen and oxygen atoms in total. The zero-order valence-electron chi connectivity index (χ0n) is 14.4. The second kappa shape index (κ2) is 8.35. The van der Waals surface area contributed by atoms with Crippen LogP contribution in [0.5, 0.6) is 22.4 Å². The summed E-state index contributed by atoms with van der Waals surface area (Å²) in [5, 5.41) is 5.32. The van der Waals surface area contributed by atoms with Gasteiger partial charge in [-0.2, -0.15) is 0 Å². The van der Waals surface area contributed by atoms with E-state index in [-0.39, 0.29) is 5.91 Å². The van der Waals surface area contributed by atoms with E-state index in [2.05, 4.69) is 10.3 Å². The van der Waals surface area contributed by atoms with Gasteiger partial charge in [0.15, 0.2) is 0 Å². The molecule has 7 heteroatoms.